The quantitative estimate of drug-likeness (QED) is 0.570. The van der Waals surface area contributed by atoms with Gasteiger partial charge in [-0.3, -0.25) is 0 Å². The van der Waals surface area contributed by atoms with Crippen LogP contribution in [0.25, 0.3) is 11.1 Å². The van der Waals surface area contributed by atoms with Gasteiger partial charge in [-0.2, -0.15) is 0 Å². The highest BCUT2D eigenvalue weighted by Gasteiger charge is 2.13. The summed E-state index contributed by atoms with van der Waals surface area (Å²) < 4.78 is 0. The fourth-order valence-electron chi connectivity index (χ4n) is 2.00. The van der Waals surface area contributed by atoms with Crippen LogP contribution >= 0.6 is 8.58 Å². The number of rotatable bonds is 0. The van der Waals surface area contributed by atoms with Crippen molar-refractivity contribution >= 4 is 13.9 Å². The molecule has 0 amide bonds. The number of hydrogen-bond acceptors (Lipinski definition) is 0. The molecule has 0 spiro atoms. The lowest BCUT2D eigenvalue weighted by molar-refractivity contribution is 1.39. The van der Waals surface area contributed by atoms with E-state index in [1.165, 1.54) is 28.2 Å². The van der Waals surface area contributed by atoms with E-state index in [1.807, 2.05) is 0 Å². The van der Waals surface area contributed by atoms with Gasteiger partial charge in [0.15, 0.2) is 0 Å². The Morgan fingerprint density at radius 1 is 0.786 bits per heavy atom. The molecule has 14 heavy (non-hydrogen) atoms. The Labute approximate surface area is 85.8 Å². The largest absolute Gasteiger partial charge is 0.0852 e. The van der Waals surface area contributed by atoms with Crippen molar-refractivity contribution < 1.29 is 0 Å². The molecule has 2 aromatic rings. The van der Waals surface area contributed by atoms with E-state index < -0.39 is 0 Å². The third kappa shape index (κ3) is 1.19. The van der Waals surface area contributed by atoms with E-state index >= 15 is 0 Å². The van der Waals surface area contributed by atoms with Gasteiger partial charge < -0.3 is 0 Å². The fraction of sp³-hybridized carbons (Fsp3) is 0.0769. The van der Waals surface area contributed by atoms with Crippen molar-refractivity contribution in [1.29, 1.82) is 0 Å². The van der Waals surface area contributed by atoms with Crippen LogP contribution in [0.15, 0.2) is 48.5 Å². The minimum absolute atomic E-state index is 0.940. The monoisotopic (exact) mass is 198 g/mol. The van der Waals surface area contributed by atoms with Crippen LogP contribution in [0.3, 0.4) is 0 Å². The SMILES string of the molecule is c1ccc2c(c1)CPc1ccccc1-2. The molecule has 1 unspecified atom stereocenters. The third-order valence-corrected chi connectivity index (χ3v) is 4.08. The van der Waals surface area contributed by atoms with Gasteiger partial charge in [0.1, 0.15) is 0 Å². The van der Waals surface area contributed by atoms with E-state index in [9.17, 15) is 0 Å². The van der Waals surface area contributed by atoms with Crippen LogP contribution in [0.2, 0.25) is 0 Å². The second-order valence-electron chi connectivity index (χ2n) is 3.56. The maximum Gasteiger partial charge on any atom is -0.00538 e. The molecule has 1 atom stereocenters. The zero-order chi connectivity index (χ0) is 9.38. The topological polar surface area (TPSA) is 0 Å². The fourth-order valence-corrected chi connectivity index (χ4v) is 3.31. The first-order chi connectivity index (χ1) is 6.95. The predicted molar refractivity (Wildman–Crippen MR) is 63.5 cm³/mol. The Bertz CT molecular complexity index is 429. The standard InChI is InChI=1S/C13H11P/c1-2-6-11-10(5-1)9-14-13-8-4-3-7-12(11)13/h1-8,14H,9H2. The first-order valence-corrected chi connectivity index (χ1v) is 6.07. The Hall–Kier alpha value is -1.13. The maximum absolute atomic E-state index is 2.25. The molecule has 1 aliphatic heterocycles. The van der Waals surface area contributed by atoms with Crippen LogP contribution in [-0.2, 0) is 6.16 Å². The first kappa shape index (κ1) is 8.20. The first-order valence-electron chi connectivity index (χ1n) is 4.86. The molecule has 0 nitrogen and oxygen atoms in total. The molecule has 0 N–H and O–H groups in total. The molecular formula is C13H11P. The van der Waals surface area contributed by atoms with E-state index in [1.54, 1.807) is 0 Å². The molecule has 1 aliphatic rings. The van der Waals surface area contributed by atoms with Gasteiger partial charge in [-0.25, -0.2) is 0 Å². The van der Waals surface area contributed by atoms with E-state index in [2.05, 4.69) is 48.5 Å². The van der Waals surface area contributed by atoms with Crippen molar-refractivity contribution in [2.45, 2.75) is 6.16 Å². The highest BCUT2D eigenvalue weighted by Crippen LogP contribution is 2.35. The summed E-state index contributed by atoms with van der Waals surface area (Å²) in [6, 6.07) is 17.5. The summed E-state index contributed by atoms with van der Waals surface area (Å²) in [5, 5.41) is 1.52. The number of fused-ring (bicyclic) bond motifs is 3. The van der Waals surface area contributed by atoms with Gasteiger partial charge in [-0.1, -0.05) is 57.1 Å². The van der Waals surface area contributed by atoms with Gasteiger partial charge in [0.2, 0.25) is 0 Å². The van der Waals surface area contributed by atoms with Gasteiger partial charge >= 0.3 is 0 Å². The lowest BCUT2D eigenvalue weighted by atomic mass is 10.0. The molecule has 0 radical (unpaired) electrons. The molecular weight excluding hydrogens is 187 g/mol. The summed E-state index contributed by atoms with van der Waals surface area (Å²) in [6.45, 7) is 0. The third-order valence-electron chi connectivity index (χ3n) is 2.70. The Morgan fingerprint density at radius 3 is 2.43 bits per heavy atom. The summed E-state index contributed by atoms with van der Waals surface area (Å²) in [4.78, 5) is 0. The molecule has 0 aromatic heterocycles. The number of hydrogen-bond donors (Lipinski definition) is 0. The molecule has 0 fully saturated rings. The predicted octanol–water partition coefficient (Wildman–Crippen LogP) is 3.17. The molecule has 0 bridgehead atoms. The van der Waals surface area contributed by atoms with Crippen molar-refractivity contribution in [3.05, 3.63) is 54.1 Å². The van der Waals surface area contributed by atoms with Gasteiger partial charge in [0.05, 0.1) is 0 Å². The lowest BCUT2D eigenvalue weighted by Crippen LogP contribution is -2.06. The zero-order valence-corrected chi connectivity index (χ0v) is 8.83. The highest BCUT2D eigenvalue weighted by molar-refractivity contribution is 7.47. The molecule has 1 heterocycles. The Balaban J connectivity index is 2.29. The average molecular weight is 198 g/mol. The Morgan fingerprint density at radius 2 is 1.50 bits per heavy atom. The van der Waals surface area contributed by atoms with Crippen LogP contribution in [0.5, 0.6) is 0 Å². The van der Waals surface area contributed by atoms with Crippen molar-refractivity contribution in [2.24, 2.45) is 0 Å². The van der Waals surface area contributed by atoms with Crippen molar-refractivity contribution in [3.63, 3.8) is 0 Å². The molecule has 0 saturated heterocycles. The molecule has 3 rings (SSSR count). The van der Waals surface area contributed by atoms with E-state index in [-0.39, 0.29) is 0 Å². The van der Waals surface area contributed by atoms with Crippen LogP contribution in [0.1, 0.15) is 5.56 Å². The highest BCUT2D eigenvalue weighted by atomic mass is 31.1. The summed E-state index contributed by atoms with van der Waals surface area (Å²) in [5.74, 6) is 0. The normalized spacial score (nSPS) is 14.9. The minimum Gasteiger partial charge on any atom is -0.0852 e. The van der Waals surface area contributed by atoms with E-state index in [4.69, 9.17) is 0 Å². The van der Waals surface area contributed by atoms with Crippen LogP contribution < -0.4 is 5.30 Å². The number of benzene rings is 2. The van der Waals surface area contributed by atoms with E-state index in [0.717, 1.165) is 8.58 Å². The maximum atomic E-state index is 2.25. The Kier molecular flexibility index (Phi) is 1.89. The zero-order valence-electron chi connectivity index (χ0n) is 7.83. The summed E-state index contributed by atoms with van der Waals surface area (Å²) in [7, 11) is 0.940. The second-order valence-corrected chi connectivity index (χ2v) is 4.80. The molecule has 0 saturated carbocycles. The molecule has 68 valence electrons. The van der Waals surface area contributed by atoms with Crippen molar-refractivity contribution in [3.8, 4) is 11.1 Å². The van der Waals surface area contributed by atoms with Crippen LogP contribution in [0.4, 0.5) is 0 Å². The smallest absolute Gasteiger partial charge is 0.00538 e. The minimum atomic E-state index is 0.940. The second kappa shape index (κ2) is 3.22. The van der Waals surface area contributed by atoms with Gasteiger partial charge in [0.25, 0.3) is 0 Å². The van der Waals surface area contributed by atoms with E-state index in [0.29, 0.717) is 0 Å². The van der Waals surface area contributed by atoms with Crippen LogP contribution in [0, 0.1) is 0 Å². The summed E-state index contributed by atoms with van der Waals surface area (Å²) >= 11 is 0. The van der Waals surface area contributed by atoms with Gasteiger partial charge in [0, 0.05) is 0 Å². The van der Waals surface area contributed by atoms with Gasteiger partial charge in [-0.05, 0) is 28.2 Å². The summed E-state index contributed by atoms with van der Waals surface area (Å²) in [6.07, 6.45) is 1.22. The van der Waals surface area contributed by atoms with Gasteiger partial charge in [-0.15, -0.1) is 0 Å². The molecule has 2 aromatic carbocycles. The molecule has 1 heteroatoms. The van der Waals surface area contributed by atoms with Crippen LogP contribution in [-0.4, -0.2) is 0 Å². The summed E-state index contributed by atoms with van der Waals surface area (Å²) in [5.41, 5.74) is 4.37. The van der Waals surface area contributed by atoms with Crippen molar-refractivity contribution in [1.82, 2.24) is 0 Å². The average Bonchev–Trinajstić information content (AvgIpc) is 2.29. The molecule has 0 aliphatic carbocycles. The van der Waals surface area contributed by atoms with Crippen molar-refractivity contribution in [2.75, 3.05) is 0 Å². The lowest BCUT2D eigenvalue weighted by Gasteiger charge is -2.19.